The predicted molar refractivity (Wildman–Crippen MR) is 70.4 cm³/mol. The smallest absolute Gasteiger partial charge is 0.314 e. The molecule has 2 aromatic rings. The van der Waals surface area contributed by atoms with Crippen LogP contribution in [0.5, 0.6) is 11.5 Å². The van der Waals surface area contributed by atoms with E-state index in [0.717, 1.165) is 0 Å². The zero-order valence-electron chi connectivity index (χ0n) is 10.2. The SMILES string of the molecule is O=C(O)C(COc1ccccc1)c1ccc(O)cc1. The van der Waals surface area contributed by atoms with Gasteiger partial charge in [-0.05, 0) is 29.8 Å². The number of aromatic hydroxyl groups is 1. The molecule has 2 rings (SSSR count). The van der Waals surface area contributed by atoms with E-state index in [0.29, 0.717) is 11.3 Å². The van der Waals surface area contributed by atoms with Crippen molar-refractivity contribution in [1.29, 1.82) is 0 Å². The Labute approximate surface area is 110 Å². The lowest BCUT2D eigenvalue weighted by Gasteiger charge is -2.14. The summed E-state index contributed by atoms with van der Waals surface area (Å²) < 4.78 is 5.47. The molecule has 1 unspecified atom stereocenters. The van der Waals surface area contributed by atoms with Crippen LogP contribution in [0, 0.1) is 0 Å². The Balaban J connectivity index is 2.09. The first kappa shape index (κ1) is 13.0. The molecule has 0 amide bonds. The van der Waals surface area contributed by atoms with Gasteiger partial charge < -0.3 is 14.9 Å². The maximum atomic E-state index is 11.3. The van der Waals surface area contributed by atoms with Gasteiger partial charge in [0.05, 0.1) is 0 Å². The number of aliphatic carboxylic acids is 1. The number of para-hydroxylation sites is 1. The summed E-state index contributed by atoms with van der Waals surface area (Å²) >= 11 is 0. The predicted octanol–water partition coefficient (Wildman–Crippen LogP) is 2.64. The second kappa shape index (κ2) is 5.91. The zero-order valence-corrected chi connectivity index (χ0v) is 10.2. The van der Waals surface area contributed by atoms with Crippen molar-refractivity contribution in [2.75, 3.05) is 6.61 Å². The van der Waals surface area contributed by atoms with Crippen molar-refractivity contribution in [3.63, 3.8) is 0 Å². The number of benzene rings is 2. The fourth-order valence-corrected chi connectivity index (χ4v) is 1.71. The van der Waals surface area contributed by atoms with Crippen molar-refractivity contribution in [2.45, 2.75) is 5.92 Å². The van der Waals surface area contributed by atoms with Crippen LogP contribution < -0.4 is 4.74 Å². The summed E-state index contributed by atoms with van der Waals surface area (Å²) in [5.74, 6) is -0.980. The minimum absolute atomic E-state index is 0.0458. The molecular weight excluding hydrogens is 244 g/mol. The Morgan fingerprint density at radius 1 is 1.05 bits per heavy atom. The number of hydrogen-bond donors (Lipinski definition) is 2. The third-order valence-electron chi connectivity index (χ3n) is 2.75. The third-order valence-corrected chi connectivity index (χ3v) is 2.75. The van der Waals surface area contributed by atoms with Crippen LogP contribution >= 0.6 is 0 Å². The average molecular weight is 258 g/mol. The number of hydrogen-bond acceptors (Lipinski definition) is 3. The van der Waals surface area contributed by atoms with Gasteiger partial charge in [-0.1, -0.05) is 30.3 Å². The lowest BCUT2D eigenvalue weighted by atomic mass is 10.0. The van der Waals surface area contributed by atoms with Gasteiger partial charge in [-0.2, -0.15) is 0 Å². The molecule has 0 radical (unpaired) electrons. The number of carboxylic acid groups (broad SMARTS) is 1. The van der Waals surface area contributed by atoms with Crippen LogP contribution in [-0.4, -0.2) is 22.8 Å². The van der Waals surface area contributed by atoms with Gasteiger partial charge in [-0.25, -0.2) is 0 Å². The molecule has 0 aliphatic heterocycles. The Morgan fingerprint density at radius 3 is 2.26 bits per heavy atom. The van der Waals surface area contributed by atoms with Crippen molar-refractivity contribution in [2.24, 2.45) is 0 Å². The minimum Gasteiger partial charge on any atom is -0.508 e. The summed E-state index contributed by atoms with van der Waals surface area (Å²) in [5, 5.41) is 18.4. The van der Waals surface area contributed by atoms with Gasteiger partial charge >= 0.3 is 5.97 Å². The van der Waals surface area contributed by atoms with Gasteiger partial charge in [0, 0.05) is 0 Å². The van der Waals surface area contributed by atoms with E-state index in [1.54, 1.807) is 24.3 Å². The molecule has 0 aliphatic carbocycles. The topological polar surface area (TPSA) is 66.8 Å². The fourth-order valence-electron chi connectivity index (χ4n) is 1.71. The Bertz CT molecular complexity index is 534. The van der Waals surface area contributed by atoms with E-state index >= 15 is 0 Å². The van der Waals surface area contributed by atoms with Gasteiger partial charge in [-0.15, -0.1) is 0 Å². The first-order valence-electron chi connectivity index (χ1n) is 5.86. The number of carbonyl (C=O) groups is 1. The van der Waals surface area contributed by atoms with Crippen molar-refractivity contribution in [3.8, 4) is 11.5 Å². The summed E-state index contributed by atoms with van der Waals surface area (Å²) in [7, 11) is 0. The van der Waals surface area contributed by atoms with Gasteiger partial charge in [0.2, 0.25) is 0 Å². The van der Waals surface area contributed by atoms with Crippen LogP contribution in [0.25, 0.3) is 0 Å². The maximum absolute atomic E-state index is 11.3. The van der Waals surface area contributed by atoms with E-state index in [-0.39, 0.29) is 12.4 Å². The number of phenolic OH excluding ortho intramolecular Hbond substituents is 1. The number of carboxylic acids is 1. The average Bonchev–Trinajstić information content (AvgIpc) is 2.42. The molecule has 0 bridgehead atoms. The number of phenols is 1. The van der Waals surface area contributed by atoms with Crippen LogP contribution in [0.1, 0.15) is 11.5 Å². The molecule has 98 valence electrons. The highest BCUT2D eigenvalue weighted by Gasteiger charge is 2.20. The van der Waals surface area contributed by atoms with Crippen LogP contribution in [0.3, 0.4) is 0 Å². The van der Waals surface area contributed by atoms with E-state index < -0.39 is 11.9 Å². The zero-order chi connectivity index (χ0) is 13.7. The fraction of sp³-hybridized carbons (Fsp3) is 0.133. The molecule has 0 saturated carbocycles. The Kier molecular flexibility index (Phi) is 4.03. The monoisotopic (exact) mass is 258 g/mol. The molecule has 19 heavy (non-hydrogen) atoms. The molecule has 0 saturated heterocycles. The highest BCUT2D eigenvalue weighted by Crippen LogP contribution is 2.21. The van der Waals surface area contributed by atoms with Crippen LogP contribution in [0.4, 0.5) is 0 Å². The largest absolute Gasteiger partial charge is 0.508 e. The highest BCUT2D eigenvalue weighted by molar-refractivity contribution is 5.76. The molecule has 2 aromatic carbocycles. The summed E-state index contributed by atoms with van der Waals surface area (Å²) in [6.07, 6.45) is 0. The van der Waals surface area contributed by atoms with Crippen LogP contribution in [0.2, 0.25) is 0 Å². The maximum Gasteiger partial charge on any atom is 0.314 e. The Morgan fingerprint density at radius 2 is 1.68 bits per heavy atom. The molecule has 2 N–H and O–H groups in total. The third kappa shape index (κ3) is 3.48. The first-order valence-corrected chi connectivity index (χ1v) is 5.86. The summed E-state index contributed by atoms with van der Waals surface area (Å²) in [6, 6.07) is 15.2. The normalized spacial score (nSPS) is 11.8. The van der Waals surface area contributed by atoms with Gasteiger partial charge in [0.25, 0.3) is 0 Å². The van der Waals surface area contributed by atoms with E-state index in [9.17, 15) is 15.0 Å². The lowest BCUT2D eigenvalue weighted by molar-refractivity contribution is -0.139. The van der Waals surface area contributed by atoms with Crippen LogP contribution in [0.15, 0.2) is 54.6 Å². The standard InChI is InChI=1S/C15H14O4/c16-12-8-6-11(7-9-12)14(15(17)18)10-19-13-4-2-1-3-5-13/h1-9,14,16H,10H2,(H,17,18). The highest BCUT2D eigenvalue weighted by atomic mass is 16.5. The quantitative estimate of drug-likeness (QED) is 0.865. The molecule has 0 spiro atoms. The molecule has 0 fully saturated rings. The van der Waals surface area contributed by atoms with Crippen molar-refractivity contribution < 1.29 is 19.7 Å². The van der Waals surface area contributed by atoms with E-state index in [4.69, 9.17) is 4.74 Å². The van der Waals surface area contributed by atoms with Crippen molar-refractivity contribution in [3.05, 3.63) is 60.2 Å². The summed E-state index contributed by atoms with van der Waals surface area (Å²) in [5.41, 5.74) is 0.598. The van der Waals surface area contributed by atoms with Gasteiger partial charge in [-0.3, -0.25) is 4.79 Å². The molecule has 0 heterocycles. The summed E-state index contributed by atoms with van der Waals surface area (Å²) in [6.45, 7) is 0.0458. The number of ether oxygens (including phenoxy) is 1. The lowest BCUT2D eigenvalue weighted by Crippen LogP contribution is -2.19. The van der Waals surface area contributed by atoms with E-state index in [1.165, 1.54) is 12.1 Å². The molecule has 4 heteroatoms. The molecule has 0 aliphatic rings. The van der Waals surface area contributed by atoms with Crippen molar-refractivity contribution >= 4 is 5.97 Å². The minimum atomic E-state index is -0.957. The van der Waals surface area contributed by atoms with Gasteiger partial charge in [0.1, 0.15) is 24.0 Å². The molecule has 0 aromatic heterocycles. The van der Waals surface area contributed by atoms with E-state index in [2.05, 4.69) is 0 Å². The number of rotatable bonds is 5. The van der Waals surface area contributed by atoms with Crippen LogP contribution in [-0.2, 0) is 4.79 Å². The second-order valence-electron chi connectivity index (χ2n) is 4.11. The molecule has 1 atom stereocenters. The second-order valence-corrected chi connectivity index (χ2v) is 4.11. The van der Waals surface area contributed by atoms with Gasteiger partial charge in [0.15, 0.2) is 0 Å². The Hall–Kier alpha value is -2.49. The van der Waals surface area contributed by atoms with Crippen molar-refractivity contribution in [1.82, 2.24) is 0 Å². The van der Waals surface area contributed by atoms with E-state index in [1.807, 2.05) is 18.2 Å². The summed E-state index contributed by atoms with van der Waals surface area (Å²) in [4.78, 5) is 11.3. The molecule has 4 nitrogen and oxygen atoms in total. The first-order chi connectivity index (χ1) is 9.16. The molecular formula is C15H14O4.